The van der Waals surface area contributed by atoms with Gasteiger partial charge in [-0.2, -0.15) is 18.2 Å². The number of halogens is 4. The molecule has 216 valence electrons. The van der Waals surface area contributed by atoms with Crippen LogP contribution in [-0.4, -0.2) is 78.4 Å². The molecule has 0 unspecified atom stereocenters. The number of hydrogen-bond donors (Lipinski definition) is 2. The van der Waals surface area contributed by atoms with Crippen molar-refractivity contribution in [3.05, 3.63) is 53.8 Å². The Balaban J connectivity index is 1.66. The molecule has 2 atom stereocenters. The number of fused-ring (bicyclic) bond motifs is 2. The van der Waals surface area contributed by atoms with Crippen molar-refractivity contribution in [2.24, 2.45) is 0 Å². The molecule has 0 bridgehead atoms. The van der Waals surface area contributed by atoms with E-state index in [-0.39, 0.29) is 46.4 Å². The van der Waals surface area contributed by atoms with Crippen molar-refractivity contribution in [1.29, 1.82) is 0 Å². The Hall–Kier alpha value is -3.70. The number of benzene rings is 3. The number of nitrogens with zero attached hydrogens (tertiary/aromatic N) is 5. The molecule has 0 aliphatic carbocycles. The van der Waals surface area contributed by atoms with E-state index in [2.05, 4.69) is 15.2 Å². The Morgan fingerprint density at radius 1 is 0.976 bits per heavy atom. The van der Waals surface area contributed by atoms with Crippen molar-refractivity contribution in [1.82, 2.24) is 20.2 Å². The van der Waals surface area contributed by atoms with Crippen LogP contribution in [0.25, 0.3) is 32.8 Å². The summed E-state index contributed by atoms with van der Waals surface area (Å²) in [6.45, 7) is 6.27. The van der Waals surface area contributed by atoms with Crippen molar-refractivity contribution >= 4 is 33.4 Å². The molecule has 3 heterocycles. The molecule has 2 N–H and O–H groups in total. The zero-order chi connectivity index (χ0) is 29.2. The zero-order valence-electron chi connectivity index (χ0n) is 23.3. The summed E-state index contributed by atoms with van der Waals surface area (Å²) in [6.07, 6.45) is -4.91. The Kier molecular flexibility index (Phi) is 6.69. The van der Waals surface area contributed by atoms with Gasteiger partial charge in [0.05, 0.1) is 5.56 Å². The van der Waals surface area contributed by atoms with Gasteiger partial charge in [-0.1, -0.05) is 30.3 Å². The lowest BCUT2D eigenvalue weighted by atomic mass is 9.91. The van der Waals surface area contributed by atoms with E-state index in [4.69, 9.17) is 4.98 Å². The van der Waals surface area contributed by atoms with E-state index in [9.17, 15) is 18.3 Å². The van der Waals surface area contributed by atoms with Crippen LogP contribution < -0.4 is 15.1 Å². The first kappa shape index (κ1) is 27.5. The lowest BCUT2D eigenvalue weighted by Gasteiger charge is -2.43. The van der Waals surface area contributed by atoms with Crippen LogP contribution in [0.3, 0.4) is 0 Å². The highest BCUT2D eigenvalue weighted by atomic mass is 19.4. The molecule has 6 rings (SSSR count). The van der Waals surface area contributed by atoms with Crippen LogP contribution in [0.4, 0.5) is 29.3 Å². The summed E-state index contributed by atoms with van der Waals surface area (Å²) in [5, 5.41) is 15.1. The van der Waals surface area contributed by atoms with Crippen LogP contribution >= 0.6 is 0 Å². The molecule has 2 aliphatic heterocycles. The molecule has 7 nitrogen and oxygen atoms in total. The van der Waals surface area contributed by atoms with Crippen molar-refractivity contribution in [3.8, 4) is 16.9 Å². The fourth-order valence-corrected chi connectivity index (χ4v) is 5.81. The molecular formula is C30H32F4N6O. The van der Waals surface area contributed by atoms with Gasteiger partial charge in [0, 0.05) is 60.8 Å². The normalized spacial score (nSPS) is 20.3. The van der Waals surface area contributed by atoms with Gasteiger partial charge in [-0.3, -0.25) is 0 Å². The number of aromatic nitrogens is 2. The van der Waals surface area contributed by atoms with Crippen LogP contribution in [0, 0.1) is 5.82 Å². The number of hydrogen-bond acceptors (Lipinski definition) is 7. The average Bonchev–Trinajstić information content (AvgIpc) is 2.89. The Morgan fingerprint density at radius 3 is 2.41 bits per heavy atom. The van der Waals surface area contributed by atoms with Crippen LogP contribution in [0.2, 0.25) is 0 Å². The second kappa shape index (κ2) is 9.99. The zero-order valence-corrected chi connectivity index (χ0v) is 23.3. The van der Waals surface area contributed by atoms with E-state index < -0.39 is 28.9 Å². The Bertz CT molecular complexity index is 1640. The van der Waals surface area contributed by atoms with Gasteiger partial charge < -0.3 is 25.1 Å². The molecule has 2 saturated heterocycles. The highest BCUT2D eigenvalue weighted by molar-refractivity contribution is 6.04. The summed E-state index contributed by atoms with van der Waals surface area (Å²) in [5.41, 5.74) is -2.31. The lowest BCUT2D eigenvalue weighted by molar-refractivity contribution is -0.137. The van der Waals surface area contributed by atoms with Gasteiger partial charge in [0.1, 0.15) is 17.1 Å². The van der Waals surface area contributed by atoms with Crippen molar-refractivity contribution in [2.45, 2.75) is 38.1 Å². The van der Waals surface area contributed by atoms with E-state index in [1.54, 1.807) is 30.3 Å². The topological polar surface area (TPSA) is 67.8 Å². The maximum absolute atomic E-state index is 16.8. The molecule has 2 fully saturated rings. The minimum absolute atomic E-state index is 0.00677. The third-order valence-corrected chi connectivity index (χ3v) is 8.27. The number of phenolic OH excluding ortho intramolecular Hbond substituents is 1. The third-order valence-electron chi connectivity index (χ3n) is 8.27. The number of piperazine rings is 1. The van der Waals surface area contributed by atoms with Gasteiger partial charge in [0.25, 0.3) is 0 Å². The molecule has 41 heavy (non-hydrogen) atoms. The molecule has 4 aromatic rings. The summed E-state index contributed by atoms with van der Waals surface area (Å²) in [7, 11) is 3.94. The van der Waals surface area contributed by atoms with Crippen molar-refractivity contribution in [3.63, 3.8) is 0 Å². The molecule has 0 saturated carbocycles. The largest absolute Gasteiger partial charge is 0.507 e. The van der Waals surface area contributed by atoms with E-state index in [1.165, 1.54) is 6.07 Å². The molecule has 2 aliphatic rings. The van der Waals surface area contributed by atoms with E-state index in [1.807, 2.05) is 37.7 Å². The van der Waals surface area contributed by atoms with Gasteiger partial charge in [-0.25, -0.2) is 9.37 Å². The van der Waals surface area contributed by atoms with Gasteiger partial charge in [0.15, 0.2) is 5.82 Å². The molecule has 3 aromatic carbocycles. The smallest absolute Gasteiger partial charge is 0.417 e. The summed E-state index contributed by atoms with van der Waals surface area (Å²) < 4.78 is 61.0. The first-order valence-electron chi connectivity index (χ1n) is 13.7. The lowest BCUT2D eigenvalue weighted by Crippen LogP contribution is -2.58. The fraction of sp³-hybridized carbons (Fsp3) is 0.400. The molecule has 1 aromatic heterocycles. The number of nitrogens with one attached hydrogen (secondary N) is 1. The fourth-order valence-electron chi connectivity index (χ4n) is 5.81. The van der Waals surface area contributed by atoms with Gasteiger partial charge in [0.2, 0.25) is 5.95 Å². The average molecular weight is 569 g/mol. The van der Waals surface area contributed by atoms with Crippen LogP contribution in [0.5, 0.6) is 5.75 Å². The van der Waals surface area contributed by atoms with Crippen molar-refractivity contribution in [2.75, 3.05) is 50.1 Å². The van der Waals surface area contributed by atoms with E-state index in [0.29, 0.717) is 37.0 Å². The SMILES string of the molecule is C[C@@H]1CN(c2nc(N3CC(N(C)C)C3)nc3c(F)c(-c4c(O)ccc5ccccc45)c(C(F)(F)F)cc23)[C@@H](C)CN1. The summed E-state index contributed by atoms with van der Waals surface area (Å²) in [5.74, 6) is -1.03. The predicted molar refractivity (Wildman–Crippen MR) is 153 cm³/mol. The number of phenols is 1. The maximum atomic E-state index is 16.8. The monoisotopic (exact) mass is 568 g/mol. The minimum Gasteiger partial charge on any atom is -0.507 e. The first-order valence-corrected chi connectivity index (χ1v) is 13.7. The van der Waals surface area contributed by atoms with Gasteiger partial charge >= 0.3 is 6.18 Å². The highest BCUT2D eigenvalue weighted by Crippen LogP contribution is 2.48. The number of likely N-dealkylation sites (N-methyl/N-ethyl adjacent to an activating group) is 1. The standard InChI is InChI=1S/C30H32F4N6O/c1-16-13-40(17(2)12-35-16)28-21-11-22(30(32,33)34)25(24-20-8-6-5-7-18(20)9-10-23(24)41)26(31)27(21)36-29(37-28)39-14-19(15-39)38(3)4/h5-11,16-17,19,35,41H,12-15H2,1-4H3/t16-,17+/m1/s1. The molecule has 0 amide bonds. The molecule has 11 heteroatoms. The second-order valence-corrected chi connectivity index (χ2v) is 11.4. The Morgan fingerprint density at radius 2 is 1.71 bits per heavy atom. The summed E-state index contributed by atoms with van der Waals surface area (Å²) in [4.78, 5) is 15.2. The molecule has 0 spiro atoms. The Labute approximate surface area is 235 Å². The van der Waals surface area contributed by atoms with Crippen molar-refractivity contribution < 1.29 is 22.7 Å². The minimum atomic E-state index is -4.91. The highest BCUT2D eigenvalue weighted by Gasteiger charge is 2.40. The van der Waals surface area contributed by atoms with Crippen LogP contribution in [0.1, 0.15) is 19.4 Å². The molecular weight excluding hydrogens is 536 g/mol. The number of anilines is 2. The summed E-state index contributed by atoms with van der Waals surface area (Å²) >= 11 is 0. The van der Waals surface area contributed by atoms with Crippen LogP contribution in [0.15, 0.2) is 42.5 Å². The van der Waals surface area contributed by atoms with Gasteiger partial charge in [-0.15, -0.1) is 0 Å². The number of rotatable bonds is 4. The molecule has 0 radical (unpaired) electrons. The second-order valence-electron chi connectivity index (χ2n) is 11.4. The van der Waals surface area contributed by atoms with E-state index >= 15 is 4.39 Å². The summed E-state index contributed by atoms with van der Waals surface area (Å²) in [6, 6.07) is 10.7. The predicted octanol–water partition coefficient (Wildman–Crippen LogP) is 5.25. The van der Waals surface area contributed by atoms with Gasteiger partial charge in [-0.05, 0) is 50.8 Å². The number of aromatic hydroxyl groups is 1. The van der Waals surface area contributed by atoms with E-state index in [0.717, 1.165) is 6.07 Å². The maximum Gasteiger partial charge on any atom is 0.417 e. The van der Waals surface area contributed by atoms with Crippen LogP contribution in [-0.2, 0) is 6.18 Å². The first-order chi connectivity index (χ1) is 19.4. The third kappa shape index (κ3) is 4.70. The quantitative estimate of drug-likeness (QED) is 0.326. The number of alkyl halides is 3.